The Balaban J connectivity index is 2.41. The van der Waals surface area contributed by atoms with Crippen LogP contribution in [0.5, 0.6) is 0 Å². The molecule has 0 amide bonds. The van der Waals surface area contributed by atoms with Gasteiger partial charge in [0.15, 0.2) is 0 Å². The number of esters is 1. The Morgan fingerprint density at radius 2 is 1.49 bits per heavy atom. The van der Waals surface area contributed by atoms with Crippen molar-refractivity contribution in [2.75, 3.05) is 6.61 Å². The molecular formula is C38H52N2O4Si. The van der Waals surface area contributed by atoms with E-state index in [1.807, 2.05) is 66.8 Å². The van der Waals surface area contributed by atoms with Gasteiger partial charge in [-0.1, -0.05) is 138 Å². The number of rotatable bonds is 20. The third-order valence-corrected chi connectivity index (χ3v) is 12.7. The molecule has 0 aliphatic rings. The minimum Gasteiger partial charge on any atom is -0.466 e. The molecule has 0 heterocycles. The average Bonchev–Trinajstić information content (AvgIpc) is 3.03. The summed E-state index contributed by atoms with van der Waals surface area (Å²) in [6.07, 6.45) is 17.6. The molecule has 0 aromatic heterocycles. The van der Waals surface area contributed by atoms with Crippen molar-refractivity contribution in [2.45, 2.75) is 104 Å². The molecule has 45 heavy (non-hydrogen) atoms. The maximum atomic E-state index is 13.6. The second-order valence-corrected chi connectivity index (χ2v) is 16.4. The van der Waals surface area contributed by atoms with Crippen LogP contribution in [-0.4, -0.2) is 43.3 Å². The summed E-state index contributed by atoms with van der Waals surface area (Å²) in [4.78, 5) is 28.6. The lowest BCUT2D eigenvalue weighted by Gasteiger charge is -2.44. The Hall–Kier alpha value is -3.64. The van der Waals surface area contributed by atoms with Gasteiger partial charge in [0, 0.05) is 12.8 Å². The van der Waals surface area contributed by atoms with Gasteiger partial charge in [-0.15, -0.1) is 0 Å². The molecule has 0 aliphatic carbocycles. The van der Waals surface area contributed by atoms with Crippen LogP contribution in [0.15, 0.2) is 97.1 Å². The van der Waals surface area contributed by atoms with E-state index in [2.05, 4.69) is 62.8 Å². The van der Waals surface area contributed by atoms with Crippen molar-refractivity contribution in [3.8, 4) is 0 Å². The van der Waals surface area contributed by atoms with Crippen LogP contribution >= 0.6 is 0 Å². The minimum absolute atomic E-state index is 0.0424. The molecule has 0 bridgehead atoms. The molecule has 6 nitrogen and oxygen atoms in total. The smallest absolute Gasteiger partial charge is 0.338 e. The molecule has 7 heteroatoms. The third-order valence-electron chi connectivity index (χ3n) is 7.66. The van der Waals surface area contributed by atoms with Gasteiger partial charge in [0.05, 0.1) is 19.1 Å². The summed E-state index contributed by atoms with van der Waals surface area (Å²) in [7, 11) is -2.97. The number of hydrogen-bond donors (Lipinski definition) is 0. The molecule has 1 atom stereocenters. The molecule has 0 radical (unpaired) electrons. The second kappa shape index (κ2) is 20.4. The summed E-state index contributed by atoms with van der Waals surface area (Å²) in [5.41, 5.74) is 9.90. The van der Waals surface area contributed by atoms with Crippen LogP contribution in [0.3, 0.4) is 0 Å². The maximum absolute atomic E-state index is 13.6. The molecule has 2 aromatic rings. The van der Waals surface area contributed by atoms with Crippen molar-refractivity contribution >= 4 is 36.2 Å². The van der Waals surface area contributed by atoms with Gasteiger partial charge in [0.2, 0.25) is 5.78 Å². The Morgan fingerprint density at radius 1 is 0.867 bits per heavy atom. The van der Waals surface area contributed by atoms with E-state index in [4.69, 9.17) is 9.16 Å². The quantitative estimate of drug-likeness (QED) is 0.0218. The number of benzene rings is 2. The maximum Gasteiger partial charge on any atom is 0.338 e. The Morgan fingerprint density at radius 3 is 2.04 bits per heavy atom. The lowest BCUT2D eigenvalue weighted by molar-refractivity contribution is -0.143. The van der Waals surface area contributed by atoms with E-state index in [1.165, 1.54) is 0 Å². The summed E-state index contributed by atoms with van der Waals surface area (Å²) in [5, 5.41) is 1.97. The summed E-state index contributed by atoms with van der Waals surface area (Å²) in [6, 6.07) is 20.7. The molecule has 2 aromatic carbocycles. The van der Waals surface area contributed by atoms with E-state index >= 15 is 0 Å². The number of Topliss-reactive ketones (excluding diaryl/α,β-unsaturated/α-hetero) is 1. The number of allylic oxidation sites excluding steroid dienone is 5. The Bertz CT molecular complexity index is 1270. The zero-order valence-corrected chi connectivity index (χ0v) is 28.9. The first-order chi connectivity index (χ1) is 21.7. The molecule has 0 saturated carbocycles. The van der Waals surface area contributed by atoms with E-state index in [0.29, 0.717) is 19.4 Å². The van der Waals surface area contributed by atoms with Gasteiger partial charge >= 0.3 is 11.7 Å². The van der Waals surface area contributed by atoms with Crippen molar-refractivity contribution in [1.29, 1.82) is 0 Å². The predicted octanol–water partition coefficient (Wildman–Crippen LogP) is 7.93. The number of nitrogens with zero attached hydrogens (tertiary/aromatic N) is 2. The first-order valence-electron chi connectivity index (χ1n) is 16.4. The van der Waals surface area contributed by atoms with E-state index in [1.54, 1.807) is 6.92 Å². The largest absolute Gasteiger partial charge is 0.466 e. The predicted molar refractivity (Wildman–Crippen MR) is 187 cm³/mol. The summed E-state index contributed by atoms with van der Waals surface area (Å²) in [5.74, 6) is -0.433. The summed E-state index contributed by atoms with van der Waals surface area (Å²) >= 11 is 0. The SMILES string of the molecule is CCCCC/C=C\CC(=[N+]=[N-])C(=O)CC(/C=C/C=C\CCCC(=O)OCC)O[Si](c1ccccc1)(c1ccccc1)C(C)(C)C. The van der Waals surface area contributed by atoms with Crippen LogP contribution < -0.4 is 10.4 Å². The molecule has 0 spiro atoms. The fourth-order valence-corrected chi connectivity index (χ4v) is 9.99. The van der Waals surface area contributed by atoms with E-state index in [-0.39, 0.29) is 35.3 Å². The lowest BCUT2D eigenvalue weighted by Crippen LogP contribution is -2.67. The monoisotopic (exact) mass is 628 g/mol. The van der Waals surface area contributed by atoms with Crippen LogP contribution in [0, 0.1) is 0 Å². The number of hydrogen-bond acceptors (Lipinski definition) is 4. The molecular weight excluding hydrogens is 577 g/mol. The minimum atomic E-state index is -2.97. The van der Waals surface area contributed by atoms with Crippen molar-refractivity contribution < 1.29 is 23.5 Å². The summed E-state index contributed by atoms with van der Waals surface area (Å²) in [6.45, 7) is 11.0. The highest BCUT2D eigenvalue weighted by Gasteiger charge is 2.51. The summed E-state index contributed by atoms with van der Waals surface area (Å²) < 4.78 is 12.3. The normalized spacial score (nSPS) is 12.9. The fourth-order valence-electron chi connectivity index (χ4n) is 5.36. The Labute approximate surface area is 272 Å². The number of ketones is 1. The molecule has 0 N–H and O–H groups in total. The van der Waals surface area contributed by atoms with E-state index in [9.17, 15) is 15.1 Å². The molecule has 0 fully saturated rings. The number of carbonyl (C=O) groups is 2. The fraction of sp³-hybridized carbons (Fsp3) is 0.447. The first kappa shape index (κ1) is 37.5. The van der Waals surface area contributed by atoms with Gasteiger partial charge in [0.1, 0.15) is 0 Å². The second-order valence-electron chi connectivity index (χ2n) is 12.2. The zero-order valence-electron chi connectivity index (χ0n) is 27.9. The average molecular weight is 629 g/mol. The number of unbranched alkanes of at least 4 members (excludes halogenated alkanes) is 4. The first-order valence-corrected chi connectivity index (χ1v) is 18.3. The van der Waals surface area contributed by atoms with Gasteiger partial charge in [0.25, 0.3) is 8.32 Å². The molecule has 242 valence electrons. The highest BCUT2D eigenvalue weighted by molar-refractivity contribution is 6.99. The molecule has 1 unspecified atom stereocenters. The molecule has 2 rings (SSSR count). The topological polar surface area (TPSA) is 89.0 Å². The van der Waals surface area contributed by atoms with Crippen LogP contribution in [0.4, 0.5) is 0 Å². The van der Waals surface area contributed by atoms with Gasteiger partial charge in [-0.25, -0.2) is 0 Å². The van der Waals surface area contributed by atoms with E-state index < -0.39 is 14.4 Å². The van der Waals surface area contributed by atoms with Crippen molar-refractivity contribution in [1.82, 2.24) is 0 Å². The number of ether oxygens (including phenoxy) is 1. The van der Waals surface area contributed by atoms with Crippen molar-refractivity contribution in [3.63, 3.8) is 0 Å². The zero-order chi connectivity index (χ0) is 33.0. The van der Waals surface area contributed by atoms with Crippen LogP contribution in [0.1, 0.15) is 92.4 Å². The van der Waals surface area contributed by atoms with E-state index in [0.717, 1.165) is 42.5 Å². The Kier molecular flexibility index (Phi) is 17.0. The van der Waals surface area contributed by atoms with Gasteiger partial charge in [-0.05, 0) is 48.0 Å². The number of carbonyl (C=O) groups excluding carboxylic acids is 2. The third kappa shape index (κ3) is 12.3. The molecule has 0 aliphatic heterocycles. The highest BCUT2D eigenvalue weighted by Crippen LogP contribution is 2.38. The van der Waals surface area contributed by atoms with Gasteiger partial charge < -0.3 is 14.7 Å². The van der Waals surface area contributed by atoms with Gasteiger partial charge in [-0.3, -0.25) is 9.59 Å². The lowest BCUT2D eigenvalue weighted by atomic mass is 10.1. The highest BCUT2D eigenvalue weighted by atomic mass is 28.4. The van der Waals surface area contributed by atoms with Crippen molar-refractivity contribution in [3.05, 3.63) is 103 Å². The standard InChI is InChI=1S/C38H52N2O4Si/c1-6-8-9-10-13-22-29-35(40-39)36(41)31-32(24-17-12-11-14-23-30-37(42)43-7-2)44-45(38(3,4)5,33-25-18-15-19-26-33)34-27-20-16-21-28-34/h11-13,15-22,24-28,32H,6-10,14,23,29-31H2,1-5H3/b12-11-,22-13-,24-17+. The van der Waals surface area contributed by atoms with Crippen LogP contribution in [0.2, 0.25) is 5.04 Å². The molecule has 0 saturated heterocycles. The van der Waals surface area contributed by atoms with Crippen molar-refractivity contribution in [2.24, 2.45) is 0 Å². The van der Waals surface area contributed by atoms with Crippen LogP contribution in [-0.2, 0) is 18.8 Å². The van der Waals surface area contributed by atoms with Gasteiger partial charge in [-0.2, -0.15) is 4.79 Å². The van der Waals surface area contributed by atoms with Crippen LogP contribution in [0.25, 0.3) is 5.53 Å².